The molecule has 0 spiro atoms. The summed E-state index contributed by atoms with van der Waals surface area (Å²) in [6, 6.07) is 8.24. The highest BCUT2D eigenvalue weighted by molar-refractivity contribution is 5.85. The van der Waals surface area contributed by atoms with Gasteiger partial charge in [-0.25, -0.2) is 4.79 Å². The number of benzene rings is 1. The van der Waals surface area contributed by atoms with E-state index in [-0.39, 0.29) is 0 Å². The zero-order valence-electron chi connectivity index (χ0n) is 10.6. The second-order valence-electron chi connectivity index (χ2n) is 4.07. The molecule has 0 amide bonds. The average molecular weight is 233 g/mol. The molecule has 3 heteroatoms. The van der Waals surface area contributed by atoms with Gasteiger partial charge in [0.15, 0.2) is 0 Å². The molecule has 0 heterocycles. The Hall–Kier alpha value is -1.77. The molecule has 0 saturated carbocycles. The number of nitrogens with zero attached hydrogens (tertiary/aromatic N) is 1. The average Bonchev–Trinajstić information content (AvgIpc) is 2.31. The zero-order chi connectivity index (χ0) is 12.8. The Bertz CT molecular complexity index is 407. The van der Waals surface area contributed by atoms with Crippen LogP contribution in [0.15, 0.2) is 35.9 Å². The van der Waals surface area contributed by atoms with E-state index in [0.717, 1.165) is 12.2 Å². The Kier molecular flexibility index (Phi) is 4.76. The van der Waals surface area contributed by atoms with Crippen molar-refractivity contribution in [2.45, 2.75) is 20.8 Å². The molecule has 0 saturated heterocycles. The number of anilines is 1. The molecule has 17 heavy (non-hydrogen) atoms. The van der Waals surface area contributed by atoms with Gasteiger partial charge in [-0.3, -0.25) is 0 Å². The highest BCUT2D eigenvalue weighted by Crippen LogP contribution is 2.14. The van der Waals surface area contributed by atoms with Crippen LogP contribution in [0.5, 0.6) is 0 Å². The third kappa shape index (κ3) is 3.94. The maximum Gasteiger partial charge on any atom is 0.331 e. The molecule has 0 aliphatic heterocycles. The minimum absolute atomic E-state index is 0.385. The van der Waals surface area contributed by atoms with Crippen LogP contribution in [0.25, 0.3) is 0 Å². The van der Waals surface area contributed by atoms with Crippen LogP contribution in [0, 0.1) is 6.92 Å². The van der Waals surface area contributed by atoms with E-state index in [2.05, 4.69) is 43.0 Å². The lowest BCUT2D eigenvalue weighted by atomic mass is 10.2. The van der Waals surface area contributed by atoms with E-state index in [4.69, 9.17) is 5.11 Å². The smallest absolute Gasteiger partial charge is 0.331 e. The normalized spacial score (nSPS) is 11.4. The monoisotopic (exact) mass is 233 g/mol. The predicted octanol–water partition coefficient (Wildman–Crippen LogP) is 2.85. The van der Waals surface area contributed by atoms with Gasteiger partial charge in [-0.2, -0.15) is 0 Å². The Labute approximate surface area is 102 Å². The first kappa shape index (κ1) is 13.3. The largest absolute Gasteiger partial charge is 0.478 e. The molecule has 1 N–H and O–H groups in total. The van der Waals surface area contributed by atoms with Crippen molar-refractivity contribution in [2.75, 3.05) is 18.0 Å². The number of aryl methyl sites for hydroxylation is 1. The van der Waals surface area contributed by atoms with Crippen LogP contribution in [-0.4, -0.2) is 24.2 Å². The first-order valence-electron chi connectivity index (χ1n) is 5.76. The summed E-state index contributed by atoms with van der Waals surface area (Å²) in [5.41, 5.74) is 2.73. The van der Waals surface area contributed by atoms with E-state index < -0.39 is 5.97 Å². The first-order chi connectivity index (χ1) is 8.04. The molecule has 0 unspecified atom stereocenters. The summed E-state index contributed by atoms with van der Waals surface area (Å²) in [4.78, 5) is 12.8. The molecular formula is C14H19NO2. The van der Waals surface area contributed by atoms with Crippen LogP contribution in [0.4, 0.5) is 5.69 Å². The minimum Gasteiger partial charge on any atom is -0.478 e. The van der Waals surface area contributed by atoms with Gasteiger partial charge in [0.2, 0.25) is 0 Å². The summed E-state index contributed by atoms with van der Waals surface area (Å²) in [5, 5.41) is 8.79. The summed E-state index contributed by atoms with van der Waals surface area (Å²) in [6.07, 6.45) is 1.74. The van der Waals surface area contributed by atoms with E-state index in [9.17, 15) is 4.79 Å². The number of carbonyl (C=O) groups is 1. The number of aliphatic carboxylic acids is 1. The van der Waals surface area contributed by atoms with Crippen LogP contribution in [0.3, 0.4) is 0 Å². The quantitative estimate of drug-likeness (QED) is 0.795. The Morgan fingerprint density at radius 1 is 1.35 bits per heavy atom. The highest BCUT2D eigenvalue weighted by atomic mass is 16.4. The zero-order valence-corrected chi connectivity index (χ0v) is 10.6. The fourth-order valence-corrected chi connectivity index (χ4v) is 1.51. The molecule has 0 aliphatic rings. The molecule has 0 radical (unpaired) electrons. The van der Waals surface area contributed by atoms with Gasteiger partial charge < -0.3 is 10.0 Å². The topological polar surface area (TPSA) is 40.5 Å². The predicted molar refractivity (Wildman–Crippen MR) is 70.5 cm³/mol. The molecule has 0 aromatic heterocycles. The van der Waals surface area contributed by atoms with E-state index in [0.29, 0.717) is 12.1 Å². The Morgan fingerprint density at radius 2 is 1.94 bits per heavy atom. The molecule has 92 valence electrons. The summed E-state index contributed by atoms with van der Waals surface area (Å²) in [6.45, 7) is 7.20. The summed E-state index contributed by atoms with van der Waals surface area (Å²) >= 11 is 0. The number of carboxylic acids is 1. The lowest BCUT2D eigenvalue weighted by Crippen LogP contribution is -2.23. The third-order valence-electron chi connectivity index (χ3n) is 2.74. The van der Waals surface area contributed by atoms with Crippen LogP contribution in [0.2, 0.25) is 0 Å². The molecule has 3 nitrogen and oxygen atoms in total. The lowest BCUT2D eigenvalue weighted by Gasteiger charge is -2.21. The van der Waals surface area contributed by atoms with Crippen LogP contribution >= 0.6 is 0 Å². The van der Waals surface area contributed by atoms with Gasteiger partial charge in [0.25, 0.3) is 0 Å². The summed E-state index contributed by atoms with van der Waals surface area (Å²) < 4.78 is 0. The second kappa shape index (κ2) is 6.09. The molecule has 0 fully saturated rings. The Morgan fingerprint density at radius 3 is 2.41 bits per heavy atom. The number of hydrogen-bond donors (Lipinski definition) is 1. The number of carboxylic acid groups (broad SMARTS) is 1. The van der Waals surface area contributed by atoms with E-state index >= 15 is 0 Å². The van der Waals surface area contributed by atoms with Crippen molar-refractivity contribution in [1.82, 2.24) is 0 Å². The van der Waals surface area contributed by atoms with Gasteiger partial charge in [0.05, 0.1) is 0 Å². The third-order valence-corrected chi connectivity index (χ3v) is 2.74. The lowest BCUT2D eigenvalue weighted by molar-refractivity contribution is -0.132. The van der Waals surface area contributed by atoms with Gasteiger partial charge >= 0.3 is 5.97 Å². The fraction of sp³-hybridized carbons (Fsp3) is 0.357. The van der Waals surface area contributed by atoms with Gasteiger partial charge in [-0.05, 0) is 32.9 Å². The molecule has 0 bridgehead atoms. The van der Waals surface area contributed by atoms with Crippen LogP contribution in [0.1, 0.15) is 19.4 Å². The first-order valence-corrected chi connectivity index (χ1v) is 5.76. The van der Waals surface area contributed by atoms with Crippen LogP contribution < -0.4 is 4.90 Å². The molecule has 1 aromatic rings. The van der Waals surface area contributed by atoms with Gasteiger partial charge in [-0.15, -0.1) is 0 Å². The van der Waals surface area contributed by atoms with E-state index in [1.807, 2.05) is 0 Å². The van der Waals surface area contributed by atoms with Crippen molar-refractivity contribution >= 4 is 11.7 Å². The minimum atomic E-state index is -0.857. The van der Waals surface area contributed by atoms with Crippen molar-refractivity contribution in [3.63, 3.8) is 0 Å². The molecule has 1 rings (SSSR count). The molecule has 0 aliphatic carbocycles. The van der Waals surface area contributed by atoms with Crippen molar-refractivity contribution < 1.29 is 9.90 Å². The van der Waals surface area contributed by atoms with E-state index in [1.54, 1.807) is 13.0 Å². The second-order valence-corrected chi connectivity index (χ2v) is 4.07. The van der Waals surface area contributed by atoms with E-state index in [1.165, 1.54) is 5.56 Å². The van der Waals surface area contributed by atoms with Crippen molar-refractivity contribution in [2.24, 2.45) is 0 Å². The molecule has 1 aromatic carbocycles. The van der Waals surface area contributed by atoms with Crippen molar-refractivity contribution in [3.05, 3.63) is 41.5 Å². The Balaban J connectivity index is 2.76. The molecular weight excluding hydrogens is 214 g/mol. The van der Waals surface area contributed by atoms with Gasteiger partial charge in [0.1, 0.15) is 0 Å². The maximum absolute atomic E-state index is 10.7. The fourth-order valence-electron chi connectivity index (χ4n) is 1.51. The van der Waals surface area contributed by atoms with Crippen molar-refractivity contribution in [3.8, 4) is 0 Å². The summed E-state index contributed by atoms with van der Waals surface area (Å²) in [7, 11) is 0. The van der Waals surface area contributed by atoms with Gasteiger partial charge in [-0.1, -0.05) is 23.8 Å². The number of likely N-dealkylation sites (N-methyl/N-ethyl adjacent to an activating group) is 1. The van der Waals surface area contributed by atoms with Gasteiger partial charge in [0, 0.05) is 24.4 Å². The highest BCUT2D eigenvalue weighted by Gasteiger charge is 2.04. The summed E-state index contributed by atoms with van der Waals surface area (Å²) in [5.74, 6) is -0.857. The maximum atomic E-state index is 10.7. The van der Waals surface area contributed by atoms with Crippen molar-refractivity contribution in [1.29, 1.82) is 0 Å². The number of hydrogen-bond acceptors (Lipinski definition) is 2. The SMILES string of the molecule is CCN(CC=C(C)C(=O)O)c1ccc(C)cc1. The number of rotatable bonds is 5. The molecule has 0 atom stereocenters. The standard InChI is InChI=1S/C14H19NO2/c1-4-15(10-9-12(3)14(16)17)13-7-5-11(2)6-8-13/h5-9H,4,10H2,1-3H3,(H,16,17). The van der Waals surface area contributed by atoms with Crippen LogP contribution in [-0.2, 0) is 4.79 Å².